The number of hydrogen-bond acceptors (Lipinski definition) is 4. The number of azo groups is 1. The Balaban J connectivity index is 0.000000147. The first-order chi connectivity index (χ1) is 9.74. The Labute approximate surface area is 123 Å². The molecule has 1 heterocycles. The van der Waals surface area contributed by atoms with Crippen LogP contribution in [0.3, 0.4) is 0 Å². The molecule has 1 spiro atoms. The second kappa shape index (κ2) is 7.51. The molecule has 0 aromatic rings. The van der Waals surface area contributed by atoms with Crippen LogP contribution in [-0.4, -0.2) is 26.2 Å². The SMILES string of the molecule is C1CCC2(CC1)CN=NC2.NCC1(CN)CCCCC1. The molecule has 116 valence electrons. The van der Waals surface area contributed by atoms with Crippen LogP contribution in [0.2, 0.25) is 0 Å². The Bertz CT molecular complexity index is 274. The predicted octanol–water partition coefficient (Wildman–Crippen LogP) is 3.26. The lowest BCUT2D eigenvalue weighted by Gasteiger charge is -2.34. The molecule has 0 unspecified atom stereocenters. The van der Waals surface area contributed by atoms with Crippen molar-refractivity contribution in [3.63, 3.8) is 0 Å². The van der Waals surface area contributed by atoms with E-state index in [-0.39, 0.29) is 0 Å². The van der Waals surface area contributed by atoms with E-state index in [0.717, 1.165) is 26.2 Å². The molecule has 0 aromatic carbocycles. The maximum Gasteiger partial charge on any atom is 0.0673 e. The number of rotatable bonds is 2. The normalized spacial score (nSPS) is 27.1. The average molecular weight is 280 g/mol. The van der Waals surface area contributed by atoms with E-state index in [1.165, 1.54) is 64.2 Å². The summed E-state index contributed by atoms with van der Waals surface area (Å²) in [7, 11) is 0. The molecule has 3 rings (SSSR count). The van der Waals surface area contributed by atoms with Crippen molar-refractivity contribution in [3.05, 3.63) is 0 Å². The largest absolute Gasteiger partial charge is 0.330 e. The van der Waals surface area contributed by atoms with Gasteiger partial charge in [0.05, 0.1) is 13.1 Å². The van der Waals surface area contributed by atoms with Gasteiger partial charge >= 0.3 is 0 Å². The summed E-state index contributed by atoms with van der Waals surface area (Å²) in [5, 5.41) is 8.17. The smallest absolute Gasteiger partial charge is 0.0673 e. The third-order valence-electron chi connectivity index (χ3n) is 5.61. The molecule has 1 aliphatic heterocycles. The van der Waals surface area contributed by atoms with Gasteiger partial charge in [-0.3, -0.25) is 0 Å². The van der Waals surface area contributed by atoms with Gasteiger partial charge in [0.1, 0.15) is 0 Å². The van der Waals surface area contributed by atoms with Crippen molar-refractivity contribution in [3.8, 4) is 0 Å². The predicted molar refractivity (Wildman–Crippen MR) is 83.7 cm³/mol. The van der Waals surface area contributed by atoms with Gasteiger partial charge in [0.15, 0.2) is 0 Å². The summed E-state index contributed by atoms with van der Waals surface area (Å²) in [5.74, 6) is 0. The summed E-state index contributed by atoms with van der Waals surface area (Å²) >= 11 is 0. The Morgan fingerprint density at radius 1 is 0.650 bits per heavy atom. The minimum absolute atomic E-state index is 0.318. The zero-order valence-corrected chi connectivity index (χ0v) is 12.9. The molecular formula is C16H32N4. The second-order valence-electron chi connectivity index (χ2n) is 7.13. The molecule has 4 heteroatoms. The minimum atomic E-state index is 0.318. The van der Waals surface area contributed by atoms with E-state index in [1.54, 1.807) is 0 Å². The van der Waals surface area contributed by atoms with E-state index in [1.807, 2.05) is 0 Å². The molecule has 0 saturated heterocycles. The van der Waals surface area contributed by atoms with Crippen molar-refractivity contribution in [1.29, 1.82) is 0 Å². The van der Waals surface area contributed by atoms with E-state index in [4.69, 9.17) is 11.5 Å². The number of hydrogen-bond donors (Lipinski definition) is 2. The molecule has 2 fully saturated rings. The second-order valence-corrected chi connectivity index (χ2v) is 7.13. The summed E-state index contributed by atoms with van der Waals surface area (Å²) in [5.41, 5.74) is 12.2. The molecule has 4 N–H and O–H groups in total. The molecule has 0 atom stereocenters. The monoisotopic (exact) mass is 280 g/mol. The molecular weight excluding hydrogens is 248 g/mol. The summed E-state index contributed by atoms with van der Waals surface area (Å²) < 4.78 is 0. The van der Waals surface area contributed by atoms with E-state index < -0.39 is 0 Å². The fraction of sp³-hybridized carbons (Fsp3) is 1.00. The van der Waals surface area contributed by atoms with Crippen LogP contribution in [-0.2, 0) is 0 Å². The molecule has 2 aliphatic carbocycles. The molecule has 20 heavy (non-hydrogen) atoms. The van der Waals surface area contributed by atoms with Crippen molar-refractivity contribution >= 4 is 0 Å². The highest BCUT2D eigenvalue weighted by Crippen LogP contribution is 2.39. The molecule has 3 aliphatic rings. The van der Waals surface area contributed by atoms with Crippen molar-refractivity contribution in [2.45, 2.75) is 64.2 Å². The van der Waals surface area contributed by atoms with Crippen molar-refractivity contribution < 1.29 is 0 Å². The molecule has 2 saturated carbocycles. The van der Waals surface area contributed by atoms with Gasteiger partial charge in [-0.25, -0.2) is 0 Å². The first-order valence-corrected chi connectivity index (χ1v) is 8.48. The van der Waals surface area contributed by atoms with Crippen LogP contribution in [0.25, 0.3) is 0 Å². The lowest BCUT2D eigenvalue weighted by molar-refractivity contribution is 0.208. The summed E-state index contributed by atoms with van der Waals surface area (Å²) in [6.07, 6.45) is 13.5. The van der Waals surface area contributed by atoms with Gasteiger partial charge in [-0.1, -0.05) is 38.5 Å². The fourth-order valence-corrected chi connectivity index (χ4v) is 3.86. The first-order valence-electron chi connectivity index (χ1n) is 8.48. The van der Waals surface area contributed by atoms with Gasteiger partial charge in [-0.15, -0.1) is 0 Å². The molecule has 0 radical (unpaired) electrons. The summed E-state index contributed by atoms with van der Waals surface area (Å²) in [4.78, 5) is 0. The topological polar surface area (TPSA) is 76.8 Å². The van der Waals surface area contributed by atoms with Crippen LogP contribution in [0.5, 0.6) is 0 Å². The molecule has 0 bridgehead atoms. The van der Waals surface area contributed by atoms with Gasteiger partial charge in [0, 0.05) is 5.41 Å². The van der Waals surface area contributed by atoms with Crippen LogP contribution in [0, 0.1) is 10.8 Å². The Hall–Kier alpha value is -0.480. The lowest BCUT2D eigenvalue weighted by atomic mass is 9.74. The highest BCUT2D eigenvalue weighted by molar-refractivity contribution is 4.89. The standard InChI is InChI=1S/C8H14N2.C8H18N2/c1-2-4-8(5-3-1)6-9-10-7-8;9-6-8(7-10)4-2-1-3-5-8/h1-7H2;1-7,9-10H2. The maximum absolute atomic E-state index is 5.67. The lowest BCUT2D eigenvalue weighted by Crippen LogP contribution is -2.39. The van der Waals surface area contributed by atoms with Crippen molar-refractivity contribution in [2.75, 3.05) is 26.2 Å². The Morgan fingerprint density at radius 3 is 1.50 bits per heavy atom. The highest BCUT2D eigenvalue weighted by atomic mass is 15.2. The fourth-order valence-electron chi connectivity index (χ4n) is 3.86. The van der Waals surface area contributed by atoms with Gasteiger partial charge in [0.2, 0.25) is 0 Å². The van der Waals surface area contributed by atoms with Crippen LogP contribution >= 0.6 is 0 Å². The van der Waals surface area contributed by atoms with E-state index in [2.05, 4.69) is 10.2 Å². The van der Waals surface area contributed by atoms with Crippen molar-refractivity contribution in [1.82, 2.24) is 0 Å². The Kier molecular flexibility index (Phi) is 5.97. The third-order valence-corrected chi connectivity index (χ3v) is 5.61. The maximum atomic E-state index is 5.67. The van der Waals surface area contributed by atoms with Gasteiger partial charge in [-0.05, 0) is 44.2 Å². The highest BCUT2D eigenvalue weighted by Gasteiger charge is 2.34. The quantitative estimate of drug-likeness (QED) is 0.814. The van der Waals surface area contributed by atoms with Crippen LogP contribution < -0.4 is 11.5 Å². The molecule has 0 aromatic heterocycles. The minimum Gasteiger partial charge on any atom is -0.330 e. The van der Waals surface area contributed by atoms with Gasteiger partial charge < -0.3 is 11.5 Å². The van der Waals surface area contributed by atoms with E-state index >= 15 is 0 Å². The Morgan fingerprint density at radius 2 is 1.10 bits per heavy atom. The number of nitrogens with zero attached hydrogens (tertiary/aromatic N) is 2. The van der Waals surface area contributed by atoms with Crippen LogP contribution in [0.4, 0.5) is 0 Å². The van der Waals surface area contributed by atoms with Gasteiger partial charge in [-0.2, -0.15) is 10.2 Å². The first kappa shape index (κ1) is 15.9. The zero-order valence-electron chi connectivity index (χ0n) is 12.9. The third kappa shape index (κ3) is 4.01. The van der Waals surface area contributed by atoms with Gasteiger partial charge in [0.25, 0.3) is 0 Å². The van der Waals surface area contributed by atoms with Crippen LogP contribution in [0.15, 0.2) is 10.2 Å². The number of nitrogens with two attached hydrogens (primary N) is 2. The van der Waals surface area contributed by atoms with E-state index in [9.17, 15) is 0 Å². The van der Waals surface area contributed by atoms with Crippen molar-refractivity contribution in [2.24, 2.45) is 32.5 Å². The average Bonchev–Trinajstić information content (AvgIpc) is 2.97. The summed E-state index contributed by atoms with van der Waals surface area (Å²) in [6, 6.07) is 0. The zero-order chi connectivity index (χ0) is 14.3. The molecule has 0 amide bonds. The summed E-state index contributed by atoms with van der Waals surface area (Å²) in [6.45, 7) is 3.60. The molecule has 4 nitrogen and oxygen atoms in total. The van der Waals surface area contributed by atoms with E-state index in [0.29, 0.717) is 10.8 Å². The van der Waals surface area contributed by atoms with Crippen LogP contribution in [0.1, 0.15) is 64.2 Å².